The van der Waals surface area contributed by atoms with E-state index in [1.807, 2.05) is 6.07 Å². The fraction of sp³-hybridized carbons (Fsp3) is 0.333. The second kappa shape index (κ2) is 3.98. The molecule has 2 heteroatoms. The van der Waals surface area contributed by atoms with Gasteiger partial charge in [0.15, 0.2) is 0 Å². The van der Waals surface area contributed by atoms with E-state index in [1.165, 1.54) is 0 Å². The molecule has 0 fully saturated rings. The molecule has 0 radical (unpaired) electrons. The zero-order valence-corrected chi connectivity index (χ0v) is 6.21. The summed E-state index contributed by atoms with van der Waals surface area (Å²) in [7, 11) is -2.39. The summed E-state index contributed by atoms with van der Waals surface area (Å²) in [6, 6.07) is 6.96. The minimum atomic E-state index is -2.39. The lowest BCUT2D eigenvalue weighted by Crippen LogP contribution is -2.02. The van der Waals surface area contributed by atoms with E-state index in [9.17, 15) is 0 Å². The van der Waals surface area contributed by atoms with Gasteiger partial charge in [0.05, 0.1) is 11.2 Å². The molecule has 0 aliphatic carbocycles. The Hall–Kier alpha value is -1.02. The van der Waals surface area contributed by atoms with E-state index in [4.69, 9.17) is 14.6 Å². The fourth-order valence-electron chi connectivity index (χ4n) is 0.931. The molecule has 1 aromatic rings. The van der Waals surface area contributed by atoms with Crippen molar-refractivity contribution in [2.75, 3.05) is 13.6 Å². The van der Waals surface area contributed by atoms with E-state index in [0.29, 0.717) is 12.3 Å². The Morgan fingerprint density at radius 1 is 1.64 bits per heavy atom. The molecule has 0 aromatic heterocycles. The summed E-state index contributed by atoms with van der Waals surface area (Å²) in [5.74, 6) is 0.357. The molecule has 2 N–H and O–H groups in total. The molecular weight excluding hydrogens is 138 g/mol. The van der Waals surface area contributed by atoms with Crippen LogP contribution >= 0.6 is 0 Å². The van der Waals surface area contributed by atoms with Gasteiger partial charge in [-0.25, -0.2) is 0 Å². The molecule has 0 saturated heterocycles. The molecule has 0 amide bonds. The quantitative estimate of drug-likeness (QED) is 0.710. The molecule has 0 atom stereocenters. The van der Waals surface area contributed by atoms with Crippen LogP contribution in [0.25, 0.3) is 0 Å². The van der Waals surface area contributed by atoms with Gasteiger partial charge in [-0.3, -0.25) is 0 Å². The summed E-state index contributed by atoms with van der Waals surface area (Å²) in [4.78, 5) is 0. The molecule has 60 valence electrons. The van der Waals surface area contributed by atoms with Gasteiger partial charge in [-0.05, 0) is 30.7 Å². The highest BCUT2D eigenvalue weighted by atomic mass is 16.5. The molecule has 0 unspecified atom stereocenters. The summed E-state index contributed by atoms with van der Waals surface area (Å²) in [5.41, 5.74) is 6.37. The highest BCUT2D eigenvalue weighted by molar-refractivity contribution is 5.28. The SMILES string of the molecule is [2H]C([2H])([2H])Oc1cccc(CCN)c1. The van der Waals surface area contributed by atoms with Gasteiger partial charge in [0, 0.05) is 0 Å². The predicted molar refractivity (Wildman–Crippen MR) is 45.8 cm³/mol. The van der Waals surface area contributed by atoms with E-state index in [0.717, 1.165) is 12.0 Å². The van der Waals surface area contributed by atoms with E-state index in [-0.39, 0.29) is 0 Å². The molecule has 0 aliphatic heterocycles. The Morgan fingerprint density at radius 2 is 2.55 bits per heavy atom. The third kappa shape index (κ3) is 2.24. The Kier molecular flexibility index (Phi) is 1.73. The second-order valence-electron chi connectivity index (χ2n) is 2.29. The normalized spacial score (nSPS) is 14.8. The summed E-state index contributed by atoms with van der Waals surface area (Å²) in [6.45, 7) is 0.539. The first kappa shape index (κ1) is 4.78. The van der Waals surface area contributed by atoms with Gasteiger partial charge in [-0.1, -0.05) is 12.1 Å². The summed E-state index contributed by atoms with van der Waals surface area (Å²) >= 11 is 0. The molecule has 0 saturated carbocycles. The van der Waals surface area contributed by atoms with Gasteiger partial charge in [0.2, 0.25) is 0 Å². The zero-order valence-electron chi connectivity index (χ0n) is 9.21. The van der Waals surface area contributed by atoms with Crippen molar-refractivity contribution >= 4 is 0 Å². The highest BCUT2D eigenvalue weighted by Crippen LogP contribution is 2.12. The van der Waals surface area contributed by atoms with Crippen LogP contribution in [-0.2, 0) is 6.42 Å². The van der Waals surface area contributed by atoms with Crippen LogP contribution in [0, 0.1) is 0 Å². The average Bonchev–Trinajstić information content (AvgIpc) is 2.02. The topological polar surface area (TPSA) is 35.2 Å². The molecule has 0 aliphatic rings. The van der Waals surface area contributed by atoms with Crippen molar-refractivity contribution in [2.45, 2.75) is 6.42 Å². The first-order chi connectivity index (χ1) is 6.51. The van der Waals surface area contributed by atoms with E-state index < -0.39 is 7.04 Å². The number of hydrogen-bond donors (Lipinski definition) is 1. The Bertz CT molecular complexity index is 298. The molecule has 1 rings (SSSR count). The lowest BCUT2D eigenvalue weighted by atomic mass is 10.1. The third-order valence-electron chi connectivity index (χ3n) is 1.45. The van der Waals surface area contributed by atoms with Crippen molar-refractivity contribution in [1.29, 1.82) is 0 Å². The Morgan fingerprint density at radius 3 is 3.27 bits per heavy atom. The number of ether oxygens (including phenoxy) is 1. The Balaban J connectivity index is 2.73. The van der Waals surface area contributed by atoms with E-state index >= 15 is 0 Å². The smallest absolute Gasteiger partial charge is 0.119 e. The number of nitrogens with two attached hydrogens (primary N) is 1. The van der Waals surface area contributed by atoms with Crippen LogP contribution in [-0.4, -0.2) is 13.6 Å². The maximum absolute atomic E-state index is 6.93. The second-order valence-corrected chi connectivity index (χ2v) is 2.29. The van der Waals surface area contributed by atoms with E-state index in [1.54, 1.807) is 18.2 Å². The van der Waals surface area contributed by atoms with Gasteiger partial charge >= 0.3 is 0 Å². The molecule has 0 spiro atoms. The highest BCUT2D eigenvalue weighted by Gasteiger charge is 1.92. The molecule has 2 nitrogen and oxygen atoms in total. The number of hydrogen-bond acceptors (Lipinski definition) is 2. The lowest BCUT2D eigenvalue weighted by molar-refractivity contribution is 0.414. The fourth-order valence-corrected chi connectivity index (χ4v) is 0.931. The first-order valence-corrected chi connectivity index (χ1v) is 3.49. The largest absolute Gasteiger partial charge is 0.497 e. The van der Waals surface area contributed by atoms with E-state index in [2.05, 4.69) is 0 Å². The van der Waals surface area contributed by atoms with Crippen LogP contribution < -0.4 is 10.5 Å². The van der Waals surface area contributed by atoms with Crippen molar-refractivity contribution in [3.8, 4) is 5.75 Å². The van der Waals surface area contributed by atoms with Gasteiger partial charge in [0.1, 0.15) is 5.75 Å². The standard InChI is InChI=1S/C9H13NO/c1-11-9-4-2-3-8(7-9)5-6-10/h2-4,7H,5-6,10H2,1H3/i1D3. The monoisotopic (exact) mass is 154 g/mol. The third-order valence-corrected chi connectivity index (χ3v) is 1.45. The predicted octanol–water partition coefficient (Wildman–Crippen LogP) is 1.20. The molecular formula is C9H13NO. The van der Waals surface area contributed by atoms with Gasteiger partial charge in [-0.15, -0.1) is 0 Å². The summed E-state index contributed by atoms with van der Waals surface area (Å²) < 4.78 is 25.5. The van der Waals surface area contributed by atoms with Crippen molar-refractivity contribution in [3.05, 3.63) is 29.8 Å². The zero-order chi connectivity index (χ0) is 10.6. The van der Waals surface area contributed by atoms with Gasteiger partial charge in [0.25, 0.3) is 0 Å². The summed E-state index contributed by atoms with van der Waals surface area (Å²) in [6.07, 6.45) is 0.720. The van der Waals surface area contributed by atoms with Crippen LogP contribution in [0.4, 0.5) is 0 Å². The van der Waals surface area contributed by atoms with Gasteiger partial charge in [-0.2, -0.15) is 0 Å². The molecule has 0 heterocycles. The number of methoxy groups -OCH3 is 1. The number of benzene rings is 1. The average molecular weight is 154 g/mol. The van der Waals surface area contributed by atoms with Crippen LogP contribution in [0.5, 0.6) is 5.75 Å². The van der Waals surface area contributed by atoms with Crippen LogP contribution in [0.2, 0.25) is 0 Å². The van der Waals surface area contributed by atoms with Gasteiger partial charge < -0.3 is 10.5 Å². The summed E-state index contributed by atoms with van der Waals surface area (Å²) in [5, 5.41) is 0. The van der Waals surface area contributed by atoms with Crippen molar-refractivity contribution in [3.63, 3.8) is 0 Å². The van der Waals surface area contributed by atoms with Crippen LogP contribution in [0.15, 0.2) is 24.3 Å². The van der Waals surface area contributed by atoms with Crippen molar-refractivity contribution in [1.82, 2.24) is 0 Å². The van der Waals surface area contributed by atoms with Crippen LogP contribution in [0.3, 0.4) is 0 Å². The molecule has 0 bridgehead atoms. The minimum absolute atomic E-state index is 0.357. The van der Waals surface area contributed by atoms with Crippen molar-refractivity contribution in [2.24, 2.45) is 5.73 Å². The molecule has 1 aromatic carbocycles. The minimum Gasteiger partial charge on any atom is -0.497 e. The first-order valence-electron chi connectivity index (χ1n) is 4.99. The lowest BCUT2D eigenvalue weighted by Gasteiger charge is -2.01. The number of rotatable bonds is 3. The van der Waals surface area contributed by atoms with Crippen LogP contribution in [0.1, 0.15) is 9.68 Å². The molecule has 11 heavy (non-hydrogen) atoms. The maximum atomic E-state index is 6.93. The Labute approximate surface area is 71.2 Å². The van der Waals surface area contributed by atoms with Crippen molar-refractivity contribution < 1.29 is 8.85 Å². The maximum Gasteiger partial charge on any atom is 0.119 e.